The number of hydrogen-bond acceptors (Lipinski definition) is 2. The van der Waals surface area contributed by atoms with E-state index in [1.54, 1.807) is 22.9 Å². The quantitative estimate of drug-likeness (QED) is 0.908. The second kappa shape index (κ2) is 5.35. The highest BCUT2D eigenvalue weighted by atomic mass is 35.5. The van der Waals surface area contributed by atoms with Gasteiger partial charge in [0, 0.05) is 11.3 Å². The highest BCUT2D eigenvalue weighted by Crippen LogP contribution is 2.31. The van der Waals surface area contributed by atoms with Gasteiger partial charge < -0.3 is 5.11 Å². The summed E-state index contributed by atoms with van der Waals surface area (Å²) in [7, 11) is 0. The van der Waals surface area contributed by atoms with Gasteiger partial charge in [-0.1, -0.05) is 30.1 Å². The van der Waals surface area contributed by atoms with Gasteiger partial charge in [-0.15, -0.1) is 0 Å². The van der Waals surface area contributed by atoms with Crippen LogP contribution in [-0.4, -0.2) is 20.9 Å². The molecule has 1 atom stereocenters. The molecule has 1 aliphatic carbocycles. The SMILES string of the molecule is CC1CCc2c(c(C(=O)O)nn2-c2ccc(Cl)c(Cl)c2)C1. The molecule has 0 bridgehead atoms. The molecule has 110 valence electrons. The minimum Gasteiger partial charge on any atom is -0.476 e. The predicted octanol–water partition coefficient (Wildman–Crippen LogP) is 4.00. The Morgan fingerprint density at radius 1 is 1.38 bits per heavy atom. The molecule has 3 rings (SSSR count). The van der Waals surface area contributed by atoms with Gasteiger partial charge in [0.1, 0.15) is 0 Å². The molecule has 1 aromatic carbocycles. The molecule has 1 unspecified atom stereocenters. The third kappa shape index (κ3) is 2.54. The van der Waals surface area contributed by atoms with Gasteiger partial charge in [-0.05, 0) is 43.4 Å². The third-order valence-electron chi connectivity index (χ3n) is 3.87. The van der Waals surface area contributed by atoms with Gasteiger partial charge in [-0.3, -0.25) is 0 Å². The third-order valence-corrected chi connectivity index (χ3v) is 4.61. The zero-order valence-corrected chi connectivity index (χ0v) is 12.9. The fraction of sp³-hybridized carbons (Fsp3) is 0.333. The number of carboxylic acid groups (broad SMARTS) is 1. The fourth-order valence-electron chi connectivity index (χ4n) is 2.79. The topological polar surface area (TPSA) is 55.1 Å². The average Bonchev–Trinajstić information content (AvgIpc) is 2.80. The molecule has 21 heavy (non-hydrogen) atoms. The minimum absolute atomic E-state index is 0.141. The maximum Gasteiger partial charge on any atom is 0.356 e. The molecule has 0 aliphatic heterocycles. The van der Waals surface area contributed by atoms with Crippen LogP contribution in [-0.2, 0) is 12.8 Å². The van der Waals surface area contributed by atoms with Crippen LogP contribution in [0.1, 0.15) is 35.1 Å². The molecule has 4 nitrogen and oxygen atoms in total. The fourth-order valence-corrected chi connectivity index (χ4v) is 3.08. The smallest absolute Gasteiger partial charge is 0.356 e. The maximum absolute atomic E-state index is 11.4. The highest BCUT2D eigenvalue weighted by molar-refractivity contribution is 6.42. The molecular weight excluding hydrogens is 311 g/mol. The Morgan fingerprint density at radius 2 is 2.14 bits per heavy atom. The van der Waals surface area contributed by atoms with Crippen molar-refractivity contribution < 1.29 is 9.90 Å². The second-order valence-corrected chi connectivity index (χ2v) is 6.25. The molecule has 2 aromatic rings. The highest BCUT2D eigenvalue weighted by Gasteiger charge is 2.28. The van der Waals surface area contributed by atoms with Crippen molar-refractivity contribution in [3.8, 4) is 5.69 Å². The van der Waals surface area contributed by atoms with Crippen molar-refractivity contribution in [2.45, 2.75) is 26.2 Å². The first-order valence-electron chi connectivity index (χ1n) is 6.77. The van der Waals surface area contributed by atoms with Crippen LogP contribution >= 0.6 is 23.2 Å². The molecule has 1 N–H and O–H groups in total. The molecular formula is C15H14Cl2N2O2. The van der Waals surface area contributed by atoms with Crippen molar-refractivity contribution >= 4 is 29.2 Å². The van der Waals surface area contributed by atoms with E-state index < -0.39 is 5.97 Å². The number of hydrogen-bond donors (Lipinski definition) is 1. The largest absolute Gasteiger partial charge is 0.476 e. The zero-order chi connectivity index (χ0) is 15.1. The molecule has 1 aromatic heterocycles. The molecule has 0 saturated heterocycles. The van der Waals surface area contributed by atoms with Crippen LogP contribution in [0, 0.1) is 5.92 Å². The molecule has 0 amide bonds. The van der Waals surface area contributed by atoms with Crippen molar-refractivity contribution in [2.75, 3.05) is 0 Å². The van der Waals surface area contributed by atoms with Crippen molar-refractivity contribution in [3.05, 3.63) is 45.2 Å². The number of carboxylic acids is 1. The Hall–Kier alpha value is -1.52. The normalized spacial score (nSPS) is 17.6. The lowest BCUT2D eigenvalue weighted by molar-refractivity contribution is 0.0688. The lowest BCUT2D eigenvalue weighted by atomic mass is 9.87. The summed E-state index contributed by atoms with van der Waals surface area (Å²) in [5.41, 5.74) is 2.68. The lowest BCUT2D eigenvalue weighted by Gasteiger charge is -2.19. The van der Waals surface area contributed by atoms with E-state index in [1.807, 2.05) is 0 Å². The van der Waals surface area contributed by atoms with Crippen LogP contribution < -0.4 is 0 Å². The van der Waals surface area contributed by atoms with Gasteiger partial charge in [0.25, 0.3) is 0 Å². The summed E-state index contributed by atoms with van der Waals surface area (Å²) < 4.78 is 1.69. The van der Waals surface area contributed by atoms with Gasteiger partial charge in [-0.2, -0.15) is 5.10 Å². The molecule has 1 aliphatic rings. The van der Waals surface area contributed by atoms with Gasteiger partial charge >= 0.3 is 5.97 Å². The van der Waals surface area contributed by atoms with Crippen LogP contribution in [0.3, 0.4) is 0 Å². The molecule has 1 heterocycles. The number of carbonyl (C=O) groups is 1. The first-order valence-corrected chi connectivity index (χ1v) is 7.52. The minimum atomic E-state index is -0.987. The Morgan fingerprint density at radius 3 is 2.81 bits per heavy atom. The Labute approximate surface area is 132 Å². The molecule has 6 heteroatoms. The molecule has 0 saturated carbocycles. The van der Waals surface area contributed by atoms with E-state index in [-0.39, 0.29) is 5.69 Å². The maximum atomic E-state index is 11.4. The summed E-state index contributed by atoms with van der Waals surface area (Å²) in [4.78, 5) is 11.4. The number of aromatic nitrogens is 2. The number of nitrogens with zero attached hydrogens (tertiary/aromatic N) is 2. The Bertz CT molecular complexity index is 725. The number of aromatic carboxylic acids is 1. The summed E-state index contributed by atoms with van der Waals surface area (Å²) in [6, 6.07) is 5.20. The van der Waals surface area contributed by atoms with E-state index in [2.05, 4.69) is 12.0 Å². The van der Waals surface area contributed by atoms with Crippen LogP contribution in [0.25, 0.3) is 5.69 Å². The van der Waals surface area contributed by atoms with E-state index in [1.165, 1.54) is 0 Å². The number of rotatable bonds is 2. The summed E-state index contributed by atoms with van der Waals surface area (Å²) in [5.74, 6) is -0.513. The number of halogens is 2. The van der Waals surface area contributed by atoms with Crippen LogP contribution in [0.5, 0.6) is 0 Å². The van der Waals surface area contributed by atoms with Crippen molar-refractivity contribution in [1.82, 2.24) is 9.78 Å². The van der Waals surface area contributed by atoms with Crippen molar-refractivity contribution in [2.24, 2.45) is 5.92 Å². The van der Waals surface area contributed by atoms with Crippen molar-refractivity contribution in [1.29, 1.82) is 0 Å². The standard InChI is InChI=1S/C15H14Cl2N2O2/c1-8-2-5-13-10(6-8)14(15(20)21)18-19(13)9-3-4-11(16)12(17)7-9/h3-4,7-8H,2,5-6H2,1H3,(H,20,21). The average molecular weight is 325 g/mol. The van der Waals surface area contributed by atoms with E-state index in [4.69, 9.17) is 23.2 Å². The first-order chi connectivity index (χ1) is 9.97. The summed E-state index contributed by atoms with van der Waals surface area (Å²) >= 11 is 12.0. The summed E-state index contributed by atoms with van der Waals surface area (Å²) in [6.07, 6.45) is 2.59. The summed E-state index contributed by atoms with van der Waals surface area (Å²) in [6.45, 7) is 2.13. The van der Waals surface area contributed by atoms with Crippen LogP contribution in [0.2, 0.25) is 10.0 Å². The van der Waals surface area contributed by atoms with Crippen LogP contribution in [0.4, 0.5) is 0 Å². The van der Waals surface area contributed by atoms with E-state index >= 15 is 0 Å². The molecule has 0 spiro atoms. The number of benzene rings is 1. The number of fused-ring (bicyclic) bond motifs is 1. The predicted molar refractivity (Wildman–Crippen MR) is 81.7 cm³/mol. The van der Waals surface area contributed by atoms with E-state index in [0.29, 0.717) is 16.0 Å². The van der Waals surface area contributed by atoms with Gasteiger partial charge in [0.2, 0.25) is 0 Å². The van der Waals surface area contributed by atoms with Gasteiger partial charge in [0.05, 0.1) is 15.7 Å². The second-order valence-electron chi connectivity index (χ2n) is 5.44. The Balaban J connectivity index is 2.17. The van der Waals surface area contributed by atoms with Crippen LogP contribution in [0.15, 0.2) is 18.2 Å². The molecule has 0 radical (unpaired) electrons. The molecule has 0 fully saturated rings. The van der Waals surface area contributed by atoms with E-state index in [0.717, 1.165) is 36.2 Å². The first kappa shape index (κ1) is 14.4. The van der Waals surface area contributed by atoms with Crippen molar-refractivity contribution in [3.63, 3.8) is 0 Å². The van der Waals surface area contributed by atoms with Gasteiger partial charge in [-0.25, -0.2) is 9.48 Å². The zero-order valence-electron chi connectivity index (χ0n) is 11.4. The monoisotopic (exact) mass is 324 g/mol. The Kier molecular flexibility index (Phi) is 3.68. The summed E-state index contributed by atoms with van der Waals surface area (Å²) in [5, 5.41) is 14.5. The van der Waals surface area contributed by atoms with Gasteiger partial charge in [0.15, 0.2) is 5.69 Å². The lowest BCUT2D eigenvalue weighted by Crippen LogP contribution is -2.14. The van der Waals surface area contributed by atoms with E-state index in [9.17, 15) is 9.90 Å².